The molecule has 0 bridgehead atoms. The van der Waals surface area contributed by atoms with E-state index in [1.165, 1.54) is 0 Å². The Labute approximate surface area is 136 Å². The van der Waals surface area contributed by atoms with Crippen LogP contribution < -0.4 is 4.90 Å². The largest absolute Gasteiger partial charge is 0.433 e. The summed E-state index contributed by atoms with van der Waals surface area (Å²) in [6, 6.07) is 0.684. The molecule has 10 heteroatoms. The second-order valence-electron chi connectivity index (χ2n) is 5.66. The minimum Gasteiger partial charge on any atom is -0.383 e. The summed E-state index contributed by atoms with van der Waals surface area (Å²) < 4.78 is 49.0. The smallest absolute Gasteiger partial charge is 0.383 e. The van der Waals surface area contributed by atoms with Crippen molar-refractivity contribution in [3.8, 4) is 0 Å². The SMILES string of the molecule is COCCN1C(=O)CO[C@@H]2CN(c3cc(C(F)(F)F)ncn3)C[C@H]21. The van der Waals surface area contributed by atoms with Crippen LogP contribution in [0.4, 0.5) is 19.0 Å². The van der Waals surface area contributed by atoms with Gasteiger partial charge in [0.25, 0.3) is 0 Å². The van der Waals surface area contributed by atoms with Crippen molar-refractivity contribution in [2.75, 3.05) is 44.9 Å². The molecule has 3 heterocycles. The topological polar surface area (TPSA) is 67.8 Å². The number of nitrogens with zero attached hydrogens (tertiary/aromatic N) is 4. The van der Waals surface area contributed by atoms with E-state index in [1.54, 1.807) is 16.9 Å². The van der Waals surface area contributed by atoms with Crippen molar-refractivity contribution in [1.82, 2.24) is 14.9 Å². The maximum absolute atomic E-state index is 12.8. The van der Waals surface area contributed by atoms with E-state index in [0.29, 0.717) is 26.2 Å². The number of carbonyl (C=O) groups excluding carboxylic acids is 1. The normalized spacial score (nSPS) is 24.4. The van der Waals surface area contributed by atoms with Gasteiger partial charge in [0.05, 0.1) is 18.8 Å². The Morgan fingerprint density at radius 1 is 1.38 bits per heavy atom. The van der Waals surface area contributed by atoms with E-state index in [2.05, 4.69) is 9.97 Å². The Balaban J connectivity index is 1.77. The van der Waals surface area contributed by atoms with Crippen LogP contribution in [0.2, 0.25) is 0 Å². The van der Waals surface area contributed by atoms with Gasteiger partial charge >= 0.3 is 6.18 Å². The molecule has 0 spiro atoms. The minimum atomic E-state index is -4.53. The molecule has 24 heavy (non-hydrogen) atoms. The fourth-order valence-corrected chi connectivity index (χ4v) is 3.01. The van der Waals surface area contributed by atoms with Gasteiger partial charge in [-0.1, -0.05) is 0 Å². The standard InChI is InChI=1S/C14H17F3N4O3/c1-23-3-2-21-9-5-20(6-10(9)24-7-13(21)22)12-4-11(14(15,16)17)18-8-19-12/h4,8-10H,2-3,5-7H2,1H3/t9-,10-/m1/s1. The van der Waals surface area contributed by atoms with Gasteiger partial charge in [-0.2, -0.15) is 13.2 Å². The average Bonchev–Trinajstić information content (AvgIpc) is 2.98. The van der Waals surface area contributed by atoms with Crippen molar-refractivity contribution in [3.05, 3.63) is 18.1 Å². The quantitative estimate of drug-likeness (QED) is 0.794. The first-order chi connectivity index (χ1) is 11.4. The highest BCUT2D eigenvalue weighted by atomic mass is 19.4. The number of carbonyl (C=O) groups is 1. The van der Waals surface area contributed by atoms with E-state index in [4.69, 9.17) is 9.47 Å². The fraction of sp³-hybridized carbons (Fsp3) is 0.643. The molecule has 2 atom stereocenters. The lowest BCUT2D eigenvalue weighted by atomic mass is 10.1. The van der Waals surface area contributed by atoms with Crippen molar-refractivity contribution in [2.24, 2.45) is 0 Å². The van der Waals surface area contributed by atoms with Crippen LogP contribution in [0.3, 0.4) is 0 Å². The molecular weight excluding hydrogens is 329 g/mol. The zero-order valence-electron chi connectivity index (χ0n) is 13.0. The molecule has 0 aliphatic carbocycles. The third-order valence-corrected chi connectivity index (χ3v) is 4.18. The van der Waals surface area contributed by atoms with Gasteiger partial charge in [0.1, 0.15) is 24.4 Å². The number of alkyl halides is 3. The number of fused-ring (bicyclic) bond motifs is 1. The van der Waals surface area contributed by atoms with Crippen molar-refractivity contribution < 1.29 is 27.4 Å². The summed E-state index contributed by atoms with van der Waals surface area (Å²) in [6.45, 7) is 1.51. The number of hydrogen-bond donors (Lipinski definition) is 0. The molecule has 7 nitrogen and oxygen atoms in total. The van der Waals surface area contributed by atoms with Crippen LogP contribution in [0.1, 0.15) is 5.69 Å². The van der Waals surface area contributed by atoms with E-state index >= 15 is 0 Å². The van der Waals surface area contributed by atoms with Crippen molar-refractivity contribution >= 4 is 11.7 Å². The molecule has 0 unspecified atom stereocenters. The van der Waals surface area contributed by atoms with Gasteiger partial charge in [-0.3, -0.25) is 4.79 Å². The number of anilines is 1. The highest BCUT2D eigenvalue weighted by Crippen LogP contribution is 2.31. The Morgan fingerprint density at radius 3 is 2.88 bits per heavy atom. The van der Waals surface area contributed by atoms with Crippen LogP contribution in [0, 0.1) is 0 Å². The van der Waals surface area contributed by atoms with Gasteiger partial charge in [-0.25, -0.2) is 9.97 Å². The molecule has 0 saturated carbocycles. The third-order valence-electron chi connectivity index (χ3n) is 4.18. The minimum absolute atomic E-state index is 0.0315. The van der Waals surface area contributed by atoms with Crippen LogP contribution in [0.15, 0.2) is 12.4 Å². The number of methoxy groups -OCH3 is 1. The van der Waals surface area contributed by atoms with E-state index in [0.717, 1.165) is 12.4 Å². The second kappa shape index (κ2) is 6.52. The summed E-state index contributed by atoms with van der Waals surface area (Å²) in [6.07, 6.45) is -3.89. The zero-order valence-corrected chi connectivity index (χ0v) is 13.0. The first-order valence-corrected chi connectivity index (χ1v) is 7.44. The summed E-state index contributed by atoms with van der Waals surface area (Å²) in [7, 11) is 1.54. The summed E-state index contributed by atoms with van der Waals surface area (Å²) >= 11 is 0. The van der Waals surface area contributed by atoms with E-state index in [1.807, 2.05) is 0 Å². The highest BCUT2D eigenvalue weighted by Gasteiger charge is 2.44. The molecule has 132 valence electrons. The number of amides is 1. The number of halogens is 3. The van der Waals surface area contributed by atoms with Gasteiger partial charge in [0, 0.05) is 32.8 Å². The molecule has 0 radical (unpaired) electrons. The number of rotatable bonds is 4. The van der Waals surface area contributed by atoms with E-state index in [9.17, 15) is 18.0 Å². The predicted octanol–water partition coefficient (Wildman–Crippen LogP) is 0.558. The fourth-order valence-electron chi connectivity index (χ4n) is 3.01. The molecule has 2 fully saturated rings. The predicted molar refractivity (Wildman–Crippen MR) is 76.4 cm³/mol. The molecule has 0 N–H and O–H groups in total. The van der Waals surface area contributed by atoms with Crippen LogP contribution in [0.5, 0.6) is 0 Å². The highest BCUT2D eigenvalue weighted by molar-refractivity contribution is 5.79. The summed E-state index contributed by atoms with van der Waals surface area (Å²) in [5.74, 6) is 0.0308. The molecule has 2 saturated heterocycles. The van der Waals surface area contributed by atoms with Crippen LogP contribution >= 0.6 is 0 Å². The van der Waals surface area contributed by atoms with Crippen molar-refractivity contribution in [2.45, 2.75) is 18.3 Å². The molecule has 1 aromatic heterocycles. The summed E-state index contributed by atoms with van der Waals surface area (Å²) in [5.41, 5.74) is -0.990. The molecule has 1 amide bonds. The maximum Gasteiger partial charge on any atom is 0.433 e. The number of hydrogen-bond acceptors (Lipinski definition) is 6. The van der Waals surface area contributed by atoms with Crippen LogP contribution in [-0.2, 0) is 20.4 Å². The lowest BCUT2D eigenvalue weighted by Gasteiger charge is -2.36. The molecule has 1 aromatic rings. The van der Waals surface area contributed by atoms with Crippen molar-refractivity contribution in [3.63, 3.8) is 0 Å². The molecular formula is C14H17F3N4O3. The van der Waals surface area contributed by atoms with Gasteiger partial charge < -0.3 is 19.3 Å². The number of aromatic nitrogens is 2. The average molecular weight is 346 g/mol. The monoisotopic (exact) mass is 346 g/mol. The van der Waals surface area contributed by atoms with Gasteiger partial charge in [-0.15, -0.1) is 0 Å². The number of ether oxygens (including phenoxy) is 2. The first kappa shape index (κ1) is 16.9. The van der Waals surface area contributed by atoms with Crippen LogP contribution in [0.25, 0.3) is 0 Å². The number of morpholine rings is 1. The summed E-state index contributed by atoms with van der Waals surface area (Å²) in [4.78, 5) is 22.6. The third kappa shape index (κ3) is 3.29. The van der Waals surface area contributed by atoms with Crippen molar-refractivity contribution in [1.29, 1.82) is 0 Å². The Kier molecular flexibility index (Phi) is 4.59. The van der Waals surface area contributed by atoms with Gasteiger partial charge in [0.15, 0.2) is 0 Å². The molecule has 0 aromatic carbocycles. The Morgan fingerprint density at radius 2 is 2.17 bits per heavy atom. The Bertz CT molecular complexity index is 613. The summed E-state index contributed by atoms with van der Waals surface area (Å²) in [5, 5.41) is 0. The molecule has 3 rings (SSSR count). The van der Waals surface area contributed by atoms with E-state index < -0.39 is 11.9 Å². The maximum atomic E-state index is 12.8. The second-order valence-corrected chi connectivity index (χ2v) is 5.66. The zero-order chi connectivity index (χ0) is 17.3. The van der Waals surface area contributed by atoms with Crippen LogP contribution in [-0.4, -0.2) is 72.9 Å². The Hall–Kier alpha value is -1.94. The lowest BCUT2D eigenvalue weighted by molar-refractivity contribution is -0.153. The first-order valence-electron chi connectivity index (χ1n) is 7.44. The van der Waals surface area contributed by atoms with Gasteiger partial charge in [-0.05, 0) is 0 Å². The van der Waals surface area contributed by atoms with E-state index in [-0.39, 0.29) is 30.5 Å². The lowest BCUT2D eigenvalue weighted by Crippen LogP contribution is -2.54. The molecule has 2 aliphatic rings. The molecule has 2 aliphatic heterocycles. The van der Waals surface area contributed by atoms with Gasteiger partial charge in [0.2, 0.25) is 5.91 Å².